The highest BCUT2D eigenvalue weighted by Gasteiger charge is 2.52. The topological polar surface area (TPSA) is 88.5 Å². The number of carbonyl (C=O) groups excluding carboxylic acids is 1. The van der Waals surface area contributed by atoms with Crippen molar-refractivity contribution >= 4 is 35.4 Å². The number of benzene rings is 1. The number of fused-ring (bicyclic) bond motifs is 1. The molecular weight excluding hydrogens is 379 g/mol. The van der Waals surface area contributed by atoms with E-state index in [1.807, 2.05) is 27.7 Å². The van der Waals surface area contributed by atoms with E-state index in [1.54, 1.807) is 12.3 Å². The molecule has 1 radical (unpaired) electrons. The summed E-state index contributed by atoms with van der Waals surface area (Å²) >= 11 is 0. The van der Waals surface area contributed by atoms with E-state index in [1.165, 1.54) is 6.20 Å². The number of nitrogens with two attached hydrogens (primary N) is 1. The first-order valence-electron chi connectivity index (χ1n) is 9.07. The molecule has 0 spiro atoms. The fourth-order valence-electron chi connectivity index (χ4n) is 3.15. The van der Waals surface area contributed by atoms with Crippen molar-refractivity contribution < 1.29 is 22.9 Å². The largest absolute Gasteiger partial charge is 0.496 e. The number of hydrogen-bond donors (Lipinski definition) is 1. The lowest BCUT2D eigenvalue weighted by Crippen LogP contribution is -2.41. The third-order valence-corrected chi connectivity index (χ3v) is 5.64. The number of halogens is 2. The van der Waals surface area contributed by atoms with E-state index in [9.17, 15) is 13.6 Å². The average molecular weight is 398 g/mol. The molecule has 2 aliphatic heterocycles. The lowest BCUT2D eigenvalue weighted by atomic mass is 9.79. The van der Waals surface area contributed by atoms with Crippen molar-refractivity contribution in [2.45, 2.75) is 38.9 Å². The Bertz CT molecular complexity index is 1050. The maximum atomic E-state index is 14.3. The summed E-state index contributed by atoms with van der Waals surface area (Å²) in [6.07, 6.45) is 2.88. The van der Waals surface area contributed by atoms with Gasteiger partial charge in [0.15, 0.2) is 17.4 Å². The fourth-order valence-corrected chi connectivity index (χ4v) is 3.15. The minimum Gasteiger partial charge on any atom is -0.399 e. The first kappa shape index (κ1) is 19.5. The van der Waals surface area contributed by atoms with Gasteiger partial charge in [0.05, 0.1) is 22.3 Å². The Morgan fingerprint density at radius 2 is 1.79 bits per heavy atom. The molecule has 0 saturated carbocycles. The molecule has 1 aromatic carbocycles. The molecule has 3 heterocycles. The van der Waals surface area contributed by atoms with Crippen LogP contribution in [0.2, 0.25) is 0 Å². The molecule has 1 fully saturated rings. The first-order valence-corrected chi connectivity index (χ1v) is 9.07. The first-order chi connectivity index (χ1) is 13.5. The summed E-state index contributed by atoms with van der Waals surface area (Å²) in [7, 11) is -0.673. The summed E-state index contributed by atoms with van der Waals surface area (Å²) in [6, 6.07) is 3.71. The molecule has 0 amide bonds. The quantitative estimate of drug-likeness (QED) is 0.488. The maximum absolute atomic E-state index is 14.3. The van der Waals surface area contributed by atoms with E-state index < -0.39 is 41.4 Å². The van der Waals surface area contributed by atoms with Gasteiger partial charge in [-0.05, 0) is 45.9 Å². The molecule has 6 nitrogen and oxygen atoms in total. The minimum absolute atomic E-state index is 0.135. The predicted octanol–water partition coefficient (Wildman–Crippen LogP) is 2.71. The number of nitrogens with zero attached hydrogens (tertiary/aromatic N) is 2. The highest BCUT2D eigenvalue weighted by atomic mass is 19.1. The molecular formula is C20H19BF2N3O3. The number of carbonyl (C=O) groups is 1. The molecule has 2 aliphatic rings. The van der Waals surface area contributed by atoms with Crippen molar-refractivity contribution in [2.75, 3.05) is 5.73 Å². The highest BCUT2D eigenvalue weighted by Crippen LogP contribution is 2.37. The number of anilines is 1. The summed E-state index contributed by atoms with van der Waals surface area (Å²) in [5, 5.41) is 4.12. The van der Waals surface area contributed by atoms with Crippen LogP contribution in [0, 0.1) is 11.6 Å². The number of hydrogen-bond acceptors (Lipinski definition) is 5. The summed E-state index contributed by atoms with van der Waals surface area (Å²) in [4.78, 5) is 17.2. The van der Waals surface area contributed by atoms with Crippen molar-refractivity contribution in [3.8, 4) is 0 Å². The smallest absolute Gasteiger partial charge is 0.399 e. The molecule has 1 saturated heterocycles. The Kier molecular flexibility index (Phi) is 4.29. The molecule has 29 heavy (non-hydrogen) atoms. The van der Waals surface area contributed by atoms with E-state index in [0.29, 0.717) is 16.8 Å². The van der Waals surface area contributed by atoms with E-state index in [2.05, 4.69) is 10.3 Å². The van der Waals surface area contributed by atoms with Gasteiger partial charge in [0.1, 0.15) is 11.5 Å². The van der Waals surface area contributed by atoms with Crippen LogP contribution in [-0.2, 0) is 9.31 Å². The zero-order valence-electron chi connectivity index (χ0n) is 16.4. The van der Waals surface area contributed by atoms with Crippen LogP contribution in [0.15, 0.2) is 30.6 Å². The lowest BCUT2D eigenvalue weighted by Gasteiger charge is -2.32. The Morgan fingerprint density at radius 3 is 2.45 bits per heavy atom. The molecule has 2 aromatic rings. The second-order valence-corrected chi connectivity index (χ2v) is 8.05. The van der Waals surface area contributed by atoms with Gasteiger partial charge in [-0.2, -0.15) is 0 Å². The van der Waals surface area contributed by atoms with Crippen LogP contribution < -0.4 is 16.5 Å². The molecule has 0 unspecified atom stereocenters. The van der Waals surface area contributed by atoms with Crippen LogP contribution >= 0.6 is 0 Å². The standard InChI is InChI=1S/C20H19BF2N3O3/c1-19(2)20(3,4)29-21(28-19)10-7-12-13(9-26-18(12)25-8-10)17(27)11-5-6-14(22)16(24)15(11)23/h5-9H,24H2,1-4H3. The average Bonchev–Trinajstić information content (AvgIpc) is 3.16. The van der Waals surface area contributed by atoms with E-state index in [-0.39, 0.29) is 11.1 Å². The molecule has 9 heteroatoms. The van der Waals surface area contributed by atoms with E-state index >= 15 is 0 Å². The van der Waals surface area contributed by atoms with Crippen LogP contribution in [-0.4, -0.2) is 29.1 Å². The Morgan fingerprint density at radius 1 is 1.14 bits per heavy atom. The summed E-state index contributed by atoms with van der Waals surface area (Å²) < 4.78 is 39.8. The second-order valence-electron chi connectivity index (χ2n) is 8.05. The van der Waals surface area contributed by atoms with Crippen molar-refractivity contribution in [2.24, 2.45) is 0 Å². The van der Waals surface area contributed by atoms with Crippen molar-refractivity contribution in [1.82, 2.24) is 10.3 Å². The number of allylic oxidation sites excluding steroid dienone is 1. The van der Waals surface area contributed by atoms with Crippen LogP contribution in [0.4, 0.5) is 20.3 Å². The SMILES string of the molecule is CC1(C)OB(c2cnc3c(c2)C(C(=O)c2ccc(F)c(N)c2F)=C[N]3)OC1(C)C. The molecule has 2 N–H and O–H groups in total. The minimum atomic E-state index is -1.10. The van der Waals surface area contributed by atoms with Crippen LogP contribution in [0.5, 0.6) is 0 Å². The number of ketones is 1. The third-order valence-electron chi connectivity index (χ3n) is 5.64. The van der Waals surface area contributed by atoms with Crippen LogP contribution in [0.3, 0.4) is 0 Å². The molecule has 0 aliphatic carbocycles. The van der Waals surface area contributed by atoms with Crippen molar-refractivity contribution in [3.05, 3.63) is 53.4 Å². The van der Waals surface area contributed by atoms with Gasteiger partial charge in [-0.25, -0.2) is 19.1 Å². The summed E-state index contributed by atoms with van der Waals surface area (Å²) in [5.74, 6) is -2.36. The van der Waals surface area contributed by atoms with Crippen LogP contribution in [0.25, 0.3) is 5.57 Å². The van der Waals surface area contributed by atoms with Gasteiger partial charge in [-0.15, -0.1) is 0 Å². The predicted molar refractivity (Wildman–Crippen MR) is 105 cm³/mol. The van der Waals surface area contributed by atoms with E-state index in [0.717, 1.165) is 12.1 Å². The molecule has 149 valence electrons. The summed E-state index contributed by atoms with van der Waals surface area (Å²) in [6.45, 7) is 7.72. The van der Waals surface area contributed by atoms with Crippen LogP contribution in [0.1, 0.15) is 43.6 Å². The molecule has 4 rings (SSSR count). The van der Waals surface area contributed by atoms with Gasteiger partial charge in [-0.3, -0.25) is 4.79 Å². The van der Waals surface area contributed by atoms with Gasteiger partial charge >= 0.3 is 7.12 Å². The molecule has 1 aromatic heterocycles. The van der Waals surface area contributed by atoms with Gasteiger partial charge in [0.25, 0.3) is 0 Å². The number of nitrogen functional groups attached to an aromatic ring is 1. The van der Waals surface area contributed by atoms with Gasteiger partial charge in [0, 0.05) is 23.4 Å². The highest BCUT2D eigenvalue weighted by molar-refractivity contribution is 6.62. The second kappa shape index (κ2) is 6.37. The van der Waals surface area contributed by atoms with Gasteiger partial charge in [0.2, 0.25) is 0 Å². The maximum Gasteiger partial charge on any atom is 0.496 e. The summed E-state index contributed by atoms with van der Waals surface area (Å²) in [5.41, 5.74) is 4.44. The number of aromatic nitrogens is 1. The van der Waals surface area contributed by atoms with E-state index in [4.69, 9.17) is 15.0 Å². The lowest BCUT2D eigenvalue weighted by molar-refractivity contribution is 0.00578. The number of pyridine rings is 1. The zero-order valence-corrected chi connectivity index (χ0v) is 16.4. The fraction of sp³-hybridized carbons (Fsp3) is 0.300. The Hall–Kier alpha value is -2.78. The molecule has 0 atom stereocenters. The number of rotatable bonds is 3. The van der Waals surface area contributed by atoms with Crippen molar-refractivity contribution in [3.63, 3.8) is 0 Å². The zero-order chi connectivity index (χ0) is 21.1. The Labute approximate surface area is 167 Å². The number of Topliss-reactive ketones (excluding diaryl/α,β-unsaturated/α-hetero) is 1. The molecule has 0 bridgehead atoms. The van der Waals surface area contributed by atoms with Crippen molar-refractivity contribution in [1.29, 1.82) is 0 Å². The Balaban J connectivity index is 1.68. The van der Waals surface area contributed by atoms with Gasteiger partial charge in [-0.1, -0.05) is 0 Å². The monoisotopic (exact) mass is 398 g/mol. The normalized spacial score (nSPS) is 19.0. The third kappa shape index (κ3) is 3.01. The van der Waals surface area contributed by atoms with Gasteiger partial charge < -0.3 is 15.0 Å².